The van der Waals surface area contributed by atoms with E-state index in [1.807, 2.05) is 6.92 Å². The van der Waals surface area contributed by atoms with E-state index in [0.29, 0.717) is 32.2 Å². The molecule has 0 atom stereocenters. The summed E-state index contributed by atoms with van der Waals surface area (Å²) in [6.45, 7) is 2.34. The molecule has 6 nitrogen and oxygen atoms in total. The van der Waals surface area contributed by atoms with Gasteiger partial charge in [-0.05, 0) is 32.1 Å². The normalized spacial score (nSPS) is 24.8. The van der Waals surface area contributed by atoms with Crippen molar-refractivity contribution in [2.45, 2.75) is 45.1 Å². The van der Waals surface area contributed by atoms with Crippen molar-refractivity contribution in [1.82, 2.24) is 9.44 Å². The van der Waals surface area contributed by atoms with Crippen LogP contribution in [0.2, 0.25) is 0 Å². The highest BCUT2D eigenvalue weighted by molar-refractivity contribution is 7.87. The third-order valence-electron chi connectivity index (χ3n) is 3.13. The molecule has 0 bridgehead atoms. The average Bonchev–Trinajstić information content (AvgIpc) is 2.36. The quantitative estimate of drug-likeness (QED) is 0.695. The molecule has 1 rings (SSSR count). The number of hydrogen-bond donors (Lipinski definition) is 2. The summed E-state index contributed by atoms with van der Waals surface area (Å²) in [5.74, 6) is -0.278. The summed E-state index contributed by atoms with van der Waals surface area (Å²) in [5, 5.41) is 0. The second-order valence-corrected chi connectivity index (χ2v) is 6.12. The van der Waals surface area contributed by atoms with E-state index in [0.717, 1.165) is 6.42 Å². The van der Waals surface area contributed by atoms with E-state index in [2.05, 4.69) is 14.2 Å². The third-order valence-corrected chi connectivity index (χ3v) is 4.35. The van der Waals surface area contributed by atoms with Crippen LogP contribution in [0, 0.1) is 5.92 Å². The predicted molar refractivity (Wildman–Crippen MR) is 68.1 cm³/mol. The number of nitrogens with one attached hydrogen (secondary N) is 2. The molecule has 0 spiro atoms. The van der Waals surface area contributed by atoms with Crippen LogP contribution >= 0.6 is 0 Å². The molecule has 2 N–H and O–H groups in total. The molecule has 106 valence electrons. The molecule has 1 fully saturated rings. The Morgan fingerprint density at radius 3 is 2.39 bits per heavy atom. The number of rotatable bonds is 6. The summed E-state index contributed by atoms with van der Waals surface area (Å²) in [4.78, 5) is 11.3. The number of carbonyl (C=O) groups excluding carboxylic acids is 1. The Balaban J connectivity index is 2.37. The van der Waals surface area contributed by atoms with Crippen LogP contribution in [-0.4, -0.2) is 34.1 Å². The van der Waals surface area contributed by atoms with Crippen molar-refractivity contribution in [3.05, 3.63) is 0 Å². The van der Waals surface area contributed by atoms with Gasteiger partial charge in [0, 0.05) is 12.6 Å². The van der Waals surface area contributed by atoms with Crippen molar-refractivity contribution in [3.63, 3.8) is 0 Å². The zero-order valence-corrected chi connectivity index (χ0v) is 11.8. The lowest BCUT2D eigenvalue weighted by Crippen LogP contribution is -2.44. The molecule has 0 unspecified atom stereocenters. The number of methoxy groups -OCH3 is 1. The molecular formula is C11H22N2O4S. The Morgan fingerprint density at radius 1 is 1.28 bits per heavy atom. The molecule has 0 saturated heterocycles. The van der Waals surface area contributed by atoms with E-state index in [4.69, 9.17) is 0 Å². The van der Waals surface area contributed by atoms with Crippen LogP contribution in [0.15, 0.2) is 0 Å². The van der Waals surface area contributed by atoms with E-state index in [1.165, 1.54) is 7.11 Å². The number of esters is 1. The second kappa shape index (κ2) is 7.06. The minimum atomic E-state index is -3.40. The summed E-state index contributed by atoms with van der Waals surface area (Å²) in [7, 11) is -2.02. The average molecular weight is 278 g/mol. The fraction of sp³-hybridized carbons (Fsp3) is 0.909. The van der Waals surface area contributed by atoms with Crippen molar-refractivity contribution < 1.29 is 17.9 Å². The van der Waals surface area contributed by atoms with Gasteiger partial charge in [-0.25, -0.2) is 4.72 Å². The summed E-state index contributed by atoms with van der Waals surface area (Å²) in [6, 6.07) is -0.0831. The SMILES string of the molecule is CCCNS(=O)(=O)NC1CCC(C(=O)OC)CC1. The molecule has 7 heteroatoms. The monoisotopic (exact) mass is 278 g/mol. The minimum absolute atomic E-state index is 0.0831. The lowest BCUT2D eigenvalue weighted by atomic mass is 9.86. The van der Waals surface area contributed by atoms with Gasteiger partial charge in [0.1, 0.15) is 0 Å². The Bertz CT molecular complexity index is 361. The van der Waals surface area contributed by atoms with Gasteiger partial charge in [-0.15, -0.1) is 0 Å². The van der Waals surface area contributed by atoms with Crippen LogP contribution < -0.4 is 9.44 Å². The third kappa shape index (κ3) is 4.91. The number of carbonyl (C=O) groups is 1. The Kier molecular flexibility index (Phi) is 6.04. The first-order valence-corrected chi connectivity index (χ1v) is 7.81. The predicted octanol–water partition coefficient (Wildman–Crippen LogP) is 0.552. The van der Waals surface area contributed by atoms with Gasteiger partial charge in [-0.3, -0.25) is 4.79 Å². The molecule has 0 aliphatic heterocycles. The first-order valence-electron chi connectivity index (χ1n) is 6.33. The Hall–Kier alpha value is -0.660. The minimum Gasteiger partial charge on any atom is -0.469 e. The molecule has 0 radical (unpaired) electrons. The van der Waals surface area contributed by atoms with Gasteiger partial charge in [0.25, 0.3) is 10.2 Å². The largest absolute Gasteiger partial charge is 0.469 e. The van der Waals surface area contributed by atoms with E-state index < -0.39 is 10.2 Å². The van der Waals surface area contributed by atoms with Gasteiger partial charge in [0.05, 0.1) is 13.0 Å². The summed E-state index contributed by atoms with van der Waals surface area (Å²) in [5.41, 5.74) is 0. The molecule has 0 heterocycles. The lowest BCUT2D eigenvalue weighted by Gasteiger charge is -2.27. The van der Waals surface area contributed by atoms with Crippen molar-refractivity contribution in [1.29, 1.82) is 0 Å². The summed E-state index contributed by atoms with van der Waals surface area (Å²) in [6.07, 6.45) is 3.46. The maximum atomic E-state index is 11.6. The zero-order valence-electron chi connectivity index (χ0n) is 10.9. The molecule has 0 aromatic heterocycles. The fourth-order valence-corrected chi connectivity index (χ4v) is 3.34. The lowest BCUT2D eigenvalue weighted by molar-refractivity contribution is -0.146. The first kappa shape index (κ1) is 15.4. The molecule has 1 aliphatic carbocycles. The van der Waals surface area contributed by atoms with E-state index in [9.17, 15) is 13.2 Å². The van der Waals surface area contributed by atoms with E-state index >= 15 is 0 Å². The van der Waals surface area contributed by atoms with Crippen molar-refractivity contribution in [3.8, 4) is 0 Å². The van der Waals surface area contributed by atoms with Crippen LogP contribution in [0.5, 0.6) is 0 Å². The van der Waals surface area contributed by atoms with Crippen LogP contribution in [-0.2, 0) is 19.7 Å². The summed E-state index contributed by atoms with van der Waals surface area (Å²) < 4.78 is 33.0. The Morgan fingerprint density at radius 2 is 1.89 bits per heavy atom. The van der Waals surface area contributed by atoms with Crippen molar-refractivity contribution in [2.24, 2.45) is 5.92 Å². The van der Waals surface area contributed by atoms with Gasteiger partial charge in [-0.2, -0.15) is 13.1 Å². The fourth-order valence-electron chi connectivity index (χ4n) is 2.11. The highest BCUT2D eigenvalue weighted by Gasteiger charge is 2.28. The Labute approximate surface area is 109 Å². The van der Waals surface area contributed by atoms with Crippen molar-refractivity contribution in [2.75, 3.05) is 13.7 Å². The van der Waals surface area contributed by atoms with E-state index in [1.54, 1.807) is 0 Å². The highest BCUT2D eigenvalue weighted by atomic mass is 32.2. The van der Waals surface area contributed by atoms with Crippen LogP contribution in [0.4, 0.5) is 0 Å². The van der Waals surface area contributed by atoms with E-state index in [-0.39, 0.29) is 17.9 Å². The molecular weight excluding hydrogens is 256 g/mol. The van der Waals surface area contributed by atoms with Crippen LogP contribution in [0.1, 0.15) is 39.0 Å². The summed E-state index contributed by atoms with van der Waals surface area (Å²) >= 11 is 0. The number of ether oxygens (including phenoxy) is 1. The molecule has 0 aromatic carbocycles. The van der Waals surface area contributed by atoms with Gasteiger partial charge < -0.3 is 4.74 Å². The molecule has 1 saturated carbocycles. The van der Waals surface area contributed by atoms with Gasteiger partial charge >= 0.3 is 5.97 Å². The topological polar surface area (TPSA) is 84.5 Å². The maximum absolute atomic E-state index is 11.6. The molecule has 1 aliphatic rings. The molecule has 0 amide bonds. The van der Waals surface area contributed by atoms with Gasteiger partial charge in [-0.1, -0.05) is 6.92 Å². The zero-order chi connectivity index (χ0) is 13.6. The van der Waals surface area contributed by atoms with Crippen LogP contribution in [0.3, 0.4) is 0 Å². The first-order chi connectivity index (χ1) is 8.48. The number of hydrogen-bond acceptors (Lipinski definition) is 4. The second-order valence-electron chi connectivity index (χ2n) is 4.59. The van der Waals surface area contributed by atoms with Gasteiger partial charge in [0.15, 0.2) is 0 Å². The smallest absolute Gasteiger partial charge is 0.308 e. The molecule has 18 heavy (non-hydrogen) atoms. The van der Waals surface area contributed by atoms with Crippen molar-refractivity contribution >= 4 is 16.2 Å². The van der Waals surface area contributed by atoms with Crippen LogP contribution in [0.25, 0.3) is 0 Å². The highest BCUT2D eigenvalue weighted by Crippen LogP contribution is 2.25. The maximum Gasteiger partial charge on any atom is 0.308 e. The molecule has 0 aromatic rings. The van der Waals surface area contributed by atoms with Gasteiger partial charge in [0.2, 0.25) is 0 Å². The standard InChI is InChI=1S/C11H22N2O4S/c1-3-8-12-18(15,16)13-10-6-4-9(5-7-10)11(14)17-2/h9-10,12-13H,3-8H2,1-2H3.